The highest BCUT2D eigenvalue weighted by Crippen LogP contribution is 2.19. The average Bonchev–Trinajstić information content (AvgIpc) is 2.31. The molecule has 0 spiro atoms. The highest BCUT2D eigenvalue weighted by molar-refractivity contribution is 5.32. The van der Waals surface area contributed by atoms with Gasteiger partial charge in [-0.05, 0) is 51.6 Å². The van der Waals surface area contributed by atoms with Gasteiger partial charge in [0.1, 0.15) is 5.82 Å². The molecule has 2 unspecified atom stereocenters. The molecule has 19 heavy (non-hydrogen) atoms. The van der Waals surface area contributed by atoms with Gasteiger partial charge in [0.05, 0.1) is 6.10 Å². The molecule has 2 N–H and O–H groups in total. The van der Waals surface area contributed by atoms with Crippen LogP contribution >= 0.6 is 0 Å². The first-order valence-corrected chi connectivity index (χ1v) is 6.64. The van der Waals surface area contributed by atoms with E-state index in [0.29, 0.717) is 24.2 Å². The first-order chi connectivity index (χ1) is 8.81. The van der Waals surface area contributed by atoms with Gasteiger partial charge in [0.2, 0.25) is 0 Å². The predicted octanol–water partition coefficient (Wildman–Crippen LogP) is 2.02. The molecule has 1 aromatic rings. The number of aliphatic hydroxyl groups is 1. The third-order valence-corrected chi connectivity index (χ3v) is 3.19. The monoisotopic (exact) mass is 268 g/mol. The lowest BCUT2D eigenvalue weighted by Crippen LogP contribution is -2.36. The molecule has 0 saturated carbocycles. The lowest BCUT2D eigenvalue weighted by atomic mass is 10.0. The summed E-state index contributed by atoms with van der Waals surface area (Å²) in [7, 11) is 3.86. The number of hydrogen-bond acceptors (Lipinski definition) is 3. The van der Waals surface area contributed by atoms with Crippen molar-refractivity contribution in [1.82, 2.24) is 10.2 Å². The van der Waals surface area contributed by atoms with Crippen LogP contribution in [0.1, 0.15) is 29.7 Å². The second-order valence-electron chi connectivity index (χ2n) is 5.51. The molecule has 0 aliphatic heterocycles. The Hall–Kier alpha value is -0.970. The highest BCUT2D eigenvalue weighted by atomic mass is 19.1. The van der Waals surface area contributed by atoms with Gasteiger partial charge in [-0.3, -0.25) is 0 Å². The topological polar surface area (TPSA) is 35.5 Å². The first-order valence-electron chi connectivity index (χ1n) is 6.64. The highest BCUT2D eigenvalue weighted by Gasteiger charge is 2.12. The zero-order valence-electron chi connectivity index (χ0n) is 12.5. The Morgan fingerprint density at radius 2 is 1.79 bits per heavy atom. The number of likely N-dealkylation sites (N-methyl/N-ethyl adjacent to an activating group) is 1. The van der Waals surface area contributed by atoms with Crippen LogP contribution in [0.3, 0.4) is 0 Å². The second kappa shape index (κ2) is 6.98. The van der Waals surface area contributed by atoms with Crippen molar-refractivity contribution in [2.45, 2.75) is 32.9 Å². The van der Waals surface area contributed by atoms with Crippen molar-refractivity contribution >= 4 is 0 Å². The molecule has 0 amide bonds. The Labute approximate surface area is 115 Å². The van der Waals surface area contributed by atoms with Crippen LogP contribution in [0.2, 0.25) is 0 Å². The van der Waals surface area contributed by atoms with Gasteiger partial charge < -0.3 is 15.3 Å². The van der Waals surface area contributed by atoms with Gasteiger partial charge in [0.25, 0.3) is 0 Å². The van der Waals surface area contributed by atoms with Crippen molar-refractivity contribution < 1.29 is 9.50 Å². The molecule has 1 rings (SSSR count). The minimum atomic E-state index is -0.403. The van der Waals surface area contributed by atoms with Crippen LogP contribution in [0, 0.1) is 19.7 Å². The lowest BCUT2D eigenvalue weighted by Gasteiger charge is -2.20. The zero-order valence-corrected chi connectivity index (χ0v) is 12.5. The van der Waals surface area contributed by atoms with E-state index in [-0.39, 0.29) is 11.9 Å². The molecule has 0 fully saturated rings. The zero-order chi connectivity index (χ0) is 14.6. The number of hydrogen-bond donors (Lipinski definition) is 2. The standard InChI is InChI=1S/C15H25FN2O/c1-10-6-13(7-11(2)15(10)16)12(3)17-8-14(19)9-18(4)5/h6-7,12,14,17,19H,8-9H2,1-5H3. The Morgan fingerprint density at radius 3 is 2.26 bits per heavy atom. The van der Waals surface area contributed by atoms with Crippen molar-refractivity contribution in [1.29, 1.82) is 0 Å². The lowest BCUT2D eigenvalue weighted by molar-refractivity contribution is 0.132. The van der Waals surface area contributed by atoms with Crippen LogP contribution < -0.4 is 5.32 Å². The van der Waals surface area contributed by atoms with Crippen LogP contribution in [0.15, 0.2) is 12.1 Å². The fourth-order valence-electron chi connectivity index (χ4n) is 2.15. The van der Waals surface area contributed by atoms with E-state index in [1.165, 1.54) is 0 Å². The molecule has 0 bridgehead atoms. The van der Waals surface area contributed by atoms with Crippen LogP contribution in [0.4, 0.5) is 4.39 Å². The molecule has 0 radical (unpaired) electrons. The number of aliphatic hydroxyl groups excluding tert-OH is 1. The molecule has 0 aliphatic carbocycles. The third kappa shape index (κ3) is 4.90. The fourth-order valence-corrected chi connectivity index (χ4v) is 2.15. The van der Waals surface area contributed by atoms with Crippen LogP contribution in [-0.2, 0) is 0 Å². The maximum Gasteiger partial charge on any atom is 0.129 e. The van der Waals surface area contributed by atoms with Crippen molar-refractivity contribution in [3.8, 4) is 0 Å². The fraction of sp³-hybridized carbons (Fsp3) is 0.600. The molecule has 4 heteroatoms. The Bertz CT molecular complexity index is 398. The van der Waals surface area contributed by atoms with Gasteiger partial charge in [-0.25, -0.2) is 4.39 Å². The molecular formula is C15H25FN2O. The van der Waals surface area contributed by atoms with Gasteiger partial charge in [-0.2, -0.15) is 0 Å². The van der Waals surface area contributed by atoms with Gasteiger partial charge >= 0.3 is 0 Å². The van der Waals surface area contributed by atoms with E-state index in [4.69, 9.17) is 0 Å². The molecule has 0 saturated heterocycles. The number of halogens is 1. The Morgan fingerprint density at radius 1 is 1.26 bits per heavy atom. The number of nitrogens with zero attached hydrogens (tertiary/aromatic N) is 1. The molecule has 3 nitrogen and oxygen atoms in total. The number of aryl methyl sites for hydroxylation is 2. The predicted molar refractivity (Wildman–Crippen MR) is 76.9 cm³/mol. The van der Waals surface area contributed by atoms with Crippen molar-refractivity contribution in [2.24, 2.45) is 0 Å². The largest absolute Gasteiger partial charge is 0.390 e. The van der Waals surface area contributed by atoms with Gasteiger partial charge in [-0.1, -0.05) is 12.1 Å². The summed E-state index contributed by atoms with van der Waals surface area (Å²) in [6, 6.07) is 3.81. The molecule has 0 heterocycles. The van der Waals surface area contributed by atoms with Crippen molar-refractivity contribution in [2.75, 3.05) is 27.2 Å². The average molecular weight is 268 g/mol. The van der Waals surface area contributed by atoms with E-state index < -0.39 is 6.10 Å². The molecule has 1 aromatic carbocycles. The number of benzene rings is 1. The quantitative estimate of drug-likeness (QED) is 0.828. The summed E-state index contributed by atoms with van der Waals surface area (Å²) in [6.45, 7) is 6.73. The number of rotatable bonds is 6. The van der Waals surface area contributed by atoms with Crippen molar-refractivity contribution in [3.63, 3.8) is 0 Å². The van der Waals surface area contributed by atoms with E-state index >= 15 is 0 Å². The van der Waals surface area contributed by atoms with E-state index in [1.54, 1.807) is 13.8 Å². The van der Waals surface area contributed by atoms with E-state index in [9.17, 15) is 9.50 Å². The summed E-state index contributed by atoms with van der Waals surface area (Å²) in [5.74, 6) is -0.136. The summed E-state index contributed by atoms with van der Waals surface area (Å²) in [5.41, 5.74) is 2.38. The molecule has 0 aliphatic rings. The summed E-state index contributed by atoms with van der Waals surface area (Å²) in [5, 5.41) is 13.1. The minimum Gasteiger partial charge on any atom is -0.390 e. The Kier molecular flexibility index (Phi) is 5.91. The summed E-state index contributed by atoms with van der Waals surface area (Å²) < 4.78 is 13.6. The number of nitrogens with one attached hydrogen (secondary N) is 1. The molecule has 108 valence electrons. The first kappa shape index (κ1) is 16.1. The summed E-state index contributed by atoms with van der Waals surface area (Å²) in [6.07, 6.45) is -0.403. The van der Waals surface area contributed by atoms with E-state index in [2.05, 4.69) is 5.32 Å². The normalized spacial score (nSPS) is 14.7. The van der Waals surface area contributed by atoms with E-state index in [0.717, 1.165) is 5.56 Å². The maximum absolute atomic E-state index is 13.6. The second-order valence-corrected chi connectivity index (χ2v) is 5.51. The summed E-state index contributed by atoms with van der Waals surface area (Å²) >= 11 is 0. The molecule has 0 aromatic heterocycles. The smallest absolute Gasteiger partial charge is 0.129 e. The van der Waals surface area contributed by atoms with Gasteiger partial charge in [0, 0.05) is 19.1 Å². The van der Waals surface area contributed by atoms with Crippen LogP contribution in [0.5, 0.6) is 0 Å². The SMILES string of the molecule is Cc1cc(C(C)NCC(O)CN(C)C)cc(C)c1F. The Balaban J connectivity index is 2.61. The van der Waals surface area contributed by atoms with Gasteiger partial charge in [0.15, 0.2) is 0 Å². The molecule has 2 atom stereocenters. The van der Waals surface area contributed by atoms with Crippen LogP contribution in [0.25, 0.3) is 0 Å². The maximum atomic E-state index is 13.6. The van der Waals surface area contributed by atoms with E-state index in [1.807, 2.05) is 38.1 Å². The third-order valence-electron chi connectivity index (χ3n) is 3.19. The summed E-state index contributed by atoms with van der Waals surface area (Å²) in [4.78, 5) is 1.95. The van der Waals surface area contributed by atoms with Crippen LogP contribution in [-0.4, -0.2) is 43.3 Å². The molecular weight excluding hydrogens is 243 g/mol. The minimum absolute atomic E-state index is 0.0924. The van der Waals surface area contributed by atoms with Gasteiger partial charge in [-0.15, -0.1) is 0 Å². The van der Waals surface area contributed by atoms with Crippen molar-refractivity contribution in [3.05, 3.63) is 34.6 Å².